The van der Waals surface area contributed by atoms with E-state index in [4.69, 9.17) is 19.5 Å². The molecule has 2 saturated heterocycles. The number of hydrogen-bond acceptors (Lipinski definition) is 4. The molecule has 2 heterocycles. The van der Waals surface area contributed by atoms with E-state index < -0.39 is 0 Å². The Bertz CT molecular complexity index is 646. The van der Waals surface area contributed by atoms with Crippen molar-refractivity contribution in [1.82, 2.24) is 0 Å². The van der Waals surface area contributed by atoms with E-state index >= 15 is 0 Å². The van der Waals surface area contributed by atoms with Crippen molar-refractivity contribution in [3.05, 3.63) is 60.2 Å². The largest absolute Gasteiger partial charge is 0.376 e. The van der Waals surface area contributed by atoms with Gasteiger partial charge in [-0.25, -0.2) is 0 Å². The lowest BCUT2D eigenvalue weighted by molar-refractivity contribution is 0.102. The van der Waals surface area contributed by atoms with Crippen LogP contribution in [0.25, 0.3) is 11.1 Å². The first kappa shape index (κ1) is 15.7. The van der Waals surface area contributed by atoms with Gasteiger partial charge in [-0.05, 0) is 23.3 Å². The SMILES string of the molecule is C(OCC1CO1)C1CO1.N#Cc1cccc(-c2ccccc2)c1. The lowest BCUT2D eigenvalue weighted by Gasteiger charge is -2.00. The van der Waals surface area contributed by atoms with Gasteiger partial charge in [0, 0.05) is 0 Å². The normalized spacial score (nSPS) is 20.8. The van der Waals surface area contributed by atoms with E-state index in [1.807, 2.05) is 54.6 Å². The minimum atomic E-state index is 0.392. The zero-order valence-corrected chi connectivity index (χ0v) is 12.9. The fourth-order valence-corrected chi connectivity index (χ4v) is 2.06. The highest BCUT2D eigenvalue weighted by Crippen LogP contribution is 2.19. The van der Waals surface area contributed by atoms with Gasteiger partial charge in [-0.1, -0.05) is 42.5 Å². The van der Waals surface area contributed by atoms with Crippen LogP contribution in [0.5, 0.6) is 0 Å². The van der Waals surface area contributed by atoms with Crippen molar-refractivity contribution < 1.29 is 14.2 Å². The molecule has 2 aromatic carbocycles. The summed E-state index contributed by atoms with van der Waals surface area (Å²) in [7, 11) is 0. The molecule has 23 heavy (non-hydrogen) atoms. The van der Waals surface area contributed by atoms with E-state index in [9.17, 15) is 0 Å². The Morgan fingerprint density at radius 2 is 1.52 bits per heavy atom. The fraction of sp³-hybridized carbons (Fsp3) is 0.316. The van der Waals surface area contributed by atoms with Gasteiger partial charge >= 0.3 is 0 Å². The maximum Gasteiger partial charge on any atom is 0.104 e. The van der Waals surface area contributed by atoms with Crippen molar-refractivity contribution in [1.29, 1.82) is 5.26 Å². The van der Waals surface area contributed by atoms with E-state index in [2.05, 4.69) is 6.07 Å². The Hall–Kier alpha value is -2.19. The number of nitrogens with zero attached hydrogens (tertiary/aromatic N) is 1. The molecular weight excluding hydrogens is 290 g/mol. The van der Waals surface area contributed by atoms with Crippen LogP contribution < -0.4 is 0 Å². The van der Waals surface area contributed by atoms with E-state index in [0.717, 1.165) is 37.6 Å². The van der Waals surface area contributed by atoms with Crippen LogP contribution >= 0.6 is 0 Å². The third-order valence-electron chi connectivity index (χ3n) is 3.51. The molecule has 118 valence electrons. The van der Waals surface area contributed by atoms with Gasteiger partial charge in [-0.3, -0.25) is 0 Å². The molecule has 0 aliphatic carbocycles. The second-order valence-electron chi connectivity index (χ2n) is 5.51. The Labute approximate surface area is 136 Å². The monoisotopic (exact) mass is 309 g/mol. The first-order valence-corrected chi connectivity index (χ1v) is 7.71. The van der Waals surface area contributed by atoms with Crippen molar-refractivity contribution in [3.63, 3.8) is 0 Å². The Morgan fingerprint density at radius 3 is 2.09 bits per heavy atom. The molecular formula is C19H19NO3. The summed E-state index contributed by atoms with van der Waals surface area (Å²) in [5, 5.41) is 8.76. The van der Waals surface area contributed by atoms with E-state index in [1.54, 1.807) is 0 Å². The molecule has 0 spiro atoms. The summed E-state index contributed by atoms with van der Waals surface area (Å²) in [6.07, 6.45) is 0.785. The molecule has 0 saturated carbocycles. The van der Waals surface area contributed by atoms with Gasteiger partial charge in [0.2, 0.25) is 0 Å². The lowest BCUT2D eigenvalue weighted by Crippen LogP contribution is -2.06. The van der Waals surface area contributed by atoms with Crippen molar-refractivity contribution in [2.24, 2.45) is 0 Å². The van der Waals surface area contributed by atoms with Crippen LogP contribution in [0.3, 0.4) is 0 Å². The molecule has 0 aromatic heterocycles. The third-order valence-corrected chi connectivity index (χ3v) is 3.51. The van der Waals surface area contributed by atoms with Crippen molar-refractivity contribution in [2.45, 2.75) is 12.2 Å². The predicted octanol–water partition coefficient (Wildman–Crippen LogP) is 3.03. The molecule has 0 amide bonds. The quantitative estimate of drug-likeness (QED) is 0.797. The van der Waals surface area contributed by atoms with Crippen LogP contribution in [0, 0.1) is 11.3 Å². The molecule has 4 heteroatoms. The molecule has 2 fully saturated rings. The van der Waals surface area contributed by atoms with Crippen LogP contribution in [-0.2, 0) is 14.2 Å². The third kappa shape index (κ3) is 5.50. The molecule has 2 atom stereocenters. The maximum absolute atomic E-state index is 8.76. The van der Waals surface area contributed by atoms with Gasteiger partial charge in [0.25, 0.3) is 0 Å². The summed E-state index contributed by atoms with van der Waals surface area (Å²) in [6, 6.07) is 19.8. The Morgan fingerprint density at radius 1 is 0.913 bits per heavy atom. The van der Waals surface area contributed by atoms with Crippen molar-refractivity contribution in [3.8, 4) is 17.2 Å². The van der Waals surface area contributed by atoms with Crippen molar-refractivity contribution in [2.75, 3.05) is 26.4 Å². The summed E-state index contributed by atoms with van der Waals surface area (Å²) in [4.78, 5) is 0. The summed E-state index contributed by atoms with van der Waals surface area (Å²) < 4.78 is 15.1. The smallest absolute Gasteiger partial charge is 0.104 e. The minimum Gasteiger partial charge on any atom is -0.376 e. The molecule has 2 aromatic rings. The Balaban J connectivity index is 0.000000149. The van der Waals surface area contributed by atoms with Gasteiger partial charge in [-0.2, -0.15) is 5.26 Å². The first-order valence-electron chi connectivity index (χ1n) is 7.71. The molecule has 0 N–H and O–H groups in total. The predicted molar refractivity (Wildman–Crippen MR) is 86.9 cm³/mol. The highest BCUT2D eigenvalue weighted by molar-refractivity contribution is 5.64. The van der Waals surface area contributed by atoms with Gasteiger partial charge < -0.3 is 14.2 Å². The van der Waals surface area contributed by atoms with Crippen LogP contribution in [-0.4, -0.2) is 38.6 Å². The zero-order chi connectivity index (χ0) is 15.9. The number of rotatable bonds is 5. The number of ether oxygens (including phenoxy) is 3. The molecule has 4 rings (SSSR count). The zero-order valence-electron chi connectivity index (χ0n) is 12.9. The summed E-state index contributed by atoms with van der Waals surface area (Å²) in [6.45, 7) is 3.26. The lowest BCUT2D eigenvalue weighted by atomic mass is 10.0. The average Bonchev–Trinajstić information content (AvgIpc) is 3.52. The van der Waals surface area contributed by atoms with Crippen LogP contribution in [0.2, 0.25) is 0 Å². The van der Waals surface area contributed by atoms with Crippen molar-refractivity contribution >= 4 is 0 Å². The topological polar surface area (TPSA) is 58.1 Å². The number of nitriles is 1. The van der Waals surface area contributed by atoms with E-state index in [1.165, 1.54) is 0 Å². The molecule has 0 radical (unpaired) electrons. The van der Waals surface area contributed by atoms with Gasteiger partial charge in [0.15, 0.2) is 0 Å². The summed E-state index contributed by atoms with van der Waals surface area (Å²) >= 11 is 0. The van der Waals surface area contributed by atoms with Gasteiger partial charge in [0.05, 0.1) is 38.1 Å². The highest BCUT2D eigenvalue weighted by atomic mass is 16.6. The number of epoxide rings is 2. The van der Waals surface area contributed by atoms with Gasteiger partial charge in [0.1, 0.15) is 12.2 Å². The number of hydrogen-bond donors (Lipinski definition) is 0. The van der Waals surface area contributed by atoms with Gasteiger partial charge in [-0.15, -0.1) is 0 Å². The van der Waals surface area contributed by atoms with E-state index in [-0.39, 0.29) is 0 Å². The average molecular weight is 309 g/mol. The molecule has 2 aliphatic heterocycles. The van der Waals surface area contributed by atoms with Crippen LogP contribution in [0.4, 0.5) is 0 Å². The van der Waals surface area contributed by atoms with Crippen LogP contribution in [0.15, 0.2) is 54.6 Å². The number of benzene rings is 2. The highest BCUT2D eigenvalue weighted by Gasteiger charge is 2.26. The van der Waals surface area contributed by atoms with E-state index in [0.29, 0.717) is 17.8 Å². The first-order chi connectivity index (χ1) is 11.3. The second-order valence-corrected chi connectivity index (χ2v) is 5.51. The fourth-order valence-electron chi connectivity index (χ4n) is 2.06. The summed E-state index contributed by atoms with van der Waals surface area (Å²) in [5.41, 5.74) is 2.93. The summed E-state index contributed by atoms with van der Waals surface area (Å²) in [5.74, 6) is 0. The standard InChI is InChI=1S/C13H9N.C6H10O3/c14-10-11-5-4-8-13(9-11)12-6-2-1-3-7-12;1(5-3-8-5)7-2-6-4-9-6/h1-9H;5-6H,1-4H2. The minimum absolute atomic E-state index is 0.392. The molecule has 2 aliphatic rings. The molecule has 4 nitrogen and oxygen atoms in total. The second kappa shape index (κ2) is 7.89. The maximum atomic E-state index is 8.76. The van der Waals surface area contributed by atoms with Crippen LogP contribution in [0.1, 0.15) is 5.56 Å². The molecule has 2 unspecified atom stereocenters. The Kier molecular flexibility index (Phi) is 5.38. The molecule has 0 bridgehead atoms.